The molecule has 18 heavy (non-hydrogen) atoms. The Morgan fingerprint density at radius 3 is 3.00 bits per heavy atom. The summed E-state index contributed by atoms with van der Waals surface area (Å²) in [7, 11) is 0. The van der Waals surface area contributed by atoms with Crippen LogP contribution in [0.25, 0.3) is 0 Å². The van der Waals surface area contributed by atoms with Crippen LogP contribution in [0.1, 0.15) is 30.9 Å². The smallest absolute Gasteiger partial charge is 0.0446 e. The van der Waals surface area contributed by atoms with Gasteiger partial charge in [0.05, 0.1) is 0 Å². The fourth-order valence-electron chi connectivity index (χ4n) is 3.64. The van der Waals surface area contributed by atoms with Crippen molar-refractivity contribution in [3.8, 4) is 0 Å². The van der Waals surface area contributed by atoms with Crippen LogP contribution in [0.15, 0.2) is 18.2 Å². The Hall–Kier alpha value is -0.570. The SMILES string of the molecule is CC1(C2CNCCN2)CCCc2cccc(Cl)c21. The Bertz CT molecular complexity index is 440. The molecule has 3 heteroatoms. The fourth-order valence-corrected chi connectivity index (χ4v) is 4.05. The number of rotatable bonds is 1. The summed E-state index contributed by atoms with van der Waals surface area (Å²) in [6.07, 6.45) is 3.66. The van der Waals surface area contributed by atoms with Crippen LogP contribution in [0, 0.1) is 0 Å². The highest BCUT2D eigenvalue weighted by molar-refractivity contribution is 6.31. The van der Waals surface area contributed by atoms with Crippen molar-refractivity contribution >= 4 is 11.6 Å². The van der Waals surface area contributed by atoms with E-state index in [9.17, 15) is 0 Å². The van der Waals surface area contributed by atoms with E-state index in [4.69, 9.17) is 11.6 Å². The third-order valence-corrected chi connectivity index (χ3v) is 4.94. The number of halogens is 1. The maximum absolute atomic E-state index is 6.50. The average molecular weight is 265 g/mol. The Balaban J connectivity index is 2.03. The van der Waals surface area contributed by atoms with Crippen LogP contribution in [-0.2, 0) is 11.8 Å². The molecule has 1 fully saturated rings. The van der Waals surface area contributed by atoms with E-state index in [1.807, 2.05) is 6.07 Å². The number of nitrogens with one attached hydrogen (secondary N) is 2. The van der Waals surface area contributed by atoms with Crippen LogP contribution in [0.3, 0.4) is 0 Å². The molecule has 2 unspecified atom stereocenters. The van der Waals surface area contributed by atoms with Crippen LogP contribution in [0.5, 0.6) is 0 Å². The molecule has 2 N–H and O–H groups in total. The first-order valence-electron chi connectivity index (χ1n) is 6.94. The molecule has 1 aromatic rings. The number of aryl methyl sites for hydroxylation is 1. The van der Waals surface area contributed by atoms with Gasteiger partial charge in [0.15, 0.2) is 0 Å². The van der Waals surface area contributed by atoms with Crippen molar-refractivity contribution in [3.05, 3.63) is 34.3 Å². The molecule has 3 rings (SSSR count). The monoisotopic (exact) mass is 264 g/mol. The van der Waals surface area contributed by atoms with Gasteiger partial charge in [0.25, 0.3) is 0 Å². The average Bonchev–Trinajstić information content (AvgIpc) is 2.40. The van der Waals surface area contributed by atoms with E-state index < -0.39 is 0 Å². The van der Waals surface area contributed by atoms with E-state index in [1.165, 1.54) is 30.4 Å². The second kappa shape index (κ2) is 4.84. The van der Waals surface area contributed by atoms with Crippen molar-refractivity contribution < 1.29 is 0 Å². The molecule has 2 aliphatic rings. The maximum Gasteiger partial charge on any atom is 0.0446 e. The van der Waals surface area contributed by atoms with Crippen LogP contribution in [0.2, 0.25) is 5.02 Å². The first kappa shape index (κ1) is 12.5. The molecule has 0 spiro atoms. The van der Waals surface area contributed by atoms with Crippen molar-refractivity contribution in [2.45, 2.75) is 37.6 Å². The first-order valence-corrected chi connectivity index (χ1v) is 7.31. The molecule has 2 atom stereocenters. The summed E-state index contributed by atoms with van der Waals surface area (Å²) in [5, 5.41) is 8.12. The molecule has 0 bridgehead atoms. The van der Waals surface area contributed by atoms with Gasteiger partial charge in [0.1, 0.15) is 0 Å². The molecule has 1 saturated heterocycles. The highest BCUT2D eigenvalue weighted by Gasteiger charge is 2.40. The molecule has 0 aromatic heterocycles. The second-order valence-electron chi connectivity index (χ2n) is 5.76. The van der Waals surface area contributed by atoms with Gasteiger partial charge >= 0.3 is 0 Å². The van der Waals surface area contributed by atoms with Crippen molar-refractivity contribution in [1.29, 1.82) is 0 Å². The lowest BCUT2D eigenvalue weighted by molar-refractivity contribution is 0.249. The molecule has 1 aromatic carbocycles. The zero-order valence-corrected chi connectivity index (χ0v) is 11.7. The van der Waals surface area contributed by atoms with E-state index in [0.29, 0.717) is 6.04 Å². The van der Waals surface area contributed by atoms with Crippen molar-refractivity contribution in [2.24, 2.45) is 0 Å². The molecular formula is C15H21ClN2. The number of fused-ring (bicyclic) bond motifs is 1. The highest BCUT2D eigenvalue weighted by Crippen LogP contribution is 2.43. The minimum atomic E-state index is 0.166. The van der Waals surface area contributed by atoms with Gasteiger partial charge in [-0.1, -0.05) is 30.7 Å². The number of piperazine rings is 1. The van der Waals surface area contributed by atoms with E-state index in [1.54, 1.807) is 0 Å². The zero-order valence-electron chi connectivity index (χ0n) is 10.9. The lowest BCUT2D eigenvalue weighted by Crippen LogP contribution is -2.58. The van der Waals surface area contributed by atoms with E-state index >= 15 is 0 Å². The standard InChI is InChI=1S/C15H21ClN2/c1-15(13-10-17-8-9-18-13)7-3-5-11-4-2-6-12(16)14(11)15/h2,4,6,13,17-18H,3,5,7-10H2,1H3. The molecule has 1 heterocycles. The summed E-state index contributed by atoms with van der Waals surface area (Å²) >= 11 is 6.50. The topological polar surface area (TPSA) is 24.1 Å². The predicted molar refractivity (Wildman–Crippen MR) is 76.4 cm³/mol. The highest BCUT2D eigenvalue weighted by atomic mass is 35.5. The molecule has 2 nitrogen and oxygen atoms in total. The van der Waals surface area contributed by atoms with E-state index in [2.05, 4.69) is 29.7 Å². The van der Waals surface area contributed by atoms with Gasteiger partial charge in [-0.3, -0.25) is 0 Å². The molecular weight excluding hydrogens is 244 g/mol. The van der Waals surface area contributed by atoms with Gasteiger partial charge in [-0.15, -0.1) is 0 Å². The molecule has 1 aliphatic heterocycles. The molecule has 0 amide bonds. The quantitative estimate of drug-likeness (QED) is 0.815. The Morgan fingerprint density at radius 2 is 2.22 bits per heavy atom. The molecule has 1 aliphatic carbocycles. The van der Waals surface area contributed by atoms with Gasteiger partial charge in [0.2, 0.25) is 0 Å². The van der Waals surface area contributed by atoms with Crippen LogP contribution < -0.4 is 10.6 Å². The lowest BCUT2D eigenvalue weighted by Gasteiger charge is -2.45. The fraction of sp³-hybridized carbons (Fsp3) is 0.600. The van der Waals surface area contributed by atoms with Crippen LogP contribution in [0.4, 0.5) is 0 Å². The summed E-state index contributed by atoms with van der Waals surface area (Å²) in [6, 6.07) is 6.86. The van der Waals surface area contributed by atoms with Gasteiger partial charge < -0.3 is 10.6 Å². The van der Waals surface area contributed by atoms with Gasteiger partial charge in [-0.2, -0.15) is 0 Å². The molecule has 98 valence electrons. The number of hydrogen-bond acceptors (Lipinski definition) is 2. The van der Waals surface area contributed by atoms with Crippen molar-refractivity contribution in [3.63, 3.8) is 0 Å². The second-order valence-corrected chi connectivity index (χ2v) is 6.16. The Kier molecular flexibility index (Phi) is 3.35. The summed E-state index contributed by atoms with van der Waals surface area (Å²) < 4.78 is 0. The summed E-state index contributed by atoms with van der Waals surface area (Å²) in [5.41, 5.74) is 3.00. The van der Waals surface area contributed by atoms with Gasteiger partial charge in [0, 0.05) is 36.1 Å². The van der Waals surface area contributed by atoms with Crippen LogP contribution in [-0.4, -0.2) is 25.7 Å². The largest absolute Gasteiger partial charge is 0.314 e. The lowest BCUT2D eigenvalue weighted by atomic mass is 9.66. The zero-order chi connectivity index (χ0) is 12.6. The van der Waals surface area contributed by atoms with E-state index in [-0.39, 0.29) is 5.41 Å². The number of benzene rings is 1. The normalized spacial score (nSPS) is 32.0. The van der Waals surface area contributed by atoms with Gasteiger partial charge in [-0.25, -0.2) is 0 Å². The first-order chi connectivity index (χ1) is 8.72. The summed E-state index contributed by atoms with van der Waals surface area (Å²) in [6.45, 7) is 5.55. The van der Waals surface area contributed by atoms with Crippen molar-refractivity contribution in [2.75, 3.05) is 19.6 Å². The maximum atomic E-state index is 6.50. The number of hydrogen-bond donors (Lipinski definition) is 2. The Morgan fingerprint density at radius 1 is 1.33 bits per heavy atom. The third-order valence-electron chi connectivity index (χ3n) is 4.62. The minimum absolute atomic E-state index is 0.166. The summed E-state index contributed by atoms with van der Waals surface area (Å²) in [5.74, 6) is 0. The predicted octanol–water partition coefficient (Wildman–Crippen LogP) is 2.50. The summed E-state index contributed by atoms with van der Waals surface area (Å²) in [4.78, 5) is 0. The Labute approximate surface area is 114 Å². The molecule has 0 radical (unpaired) electrons. The van der Waals surface area contributed by atoms with Crippen LogP contribution >= 0.6 is 11.6 Å². The van der Waals surface area contributed by atoms with Crippen molar-refractivity contribution in [1.82, 2.24) is 10.6 Å². The third kappa shape index (κ3) is 1.97. The molecule has 0 saturated carbocycles. The minimum Gasteiger partial charge on any atom is -0.314 e. The van der Waals surface area contributed by atoms with Gasteiger partial charge in [-0.05, 0) is 36.5 Å². The van der Waals surface area contributed by atoms with E-state index in [0.717, 1.165) is 24.7 Å².